The summed E-state index contributed by atoms with van der Waals surface area (Å²) in [4.78, 5) is 0. The van der Waals surface area contributed by atoms with Gasteiger partial charge in [0.25, 0.3) is 0 Å². The Morgan fingerprint density at radius 2 is 1.94 bits per heavy atom. The highest BCUT2D eigenvalue weighted by Crippen LogP contribution is 2.25. The van der Waals surface area contributed by atoms with Crippen LogP contribution in [0.25, 0.3) is 0 Å². The Hall–Kier alpha value is -1.61. The van der Waals surface area contributed by atoms with Crippen LogP contribution in [0.15, 0.2) is 30.3 Å². The van der Waals surface area contributed by atoms with Gasteiger partial charge in [0.05, 0.1) is 12.1 Å². The number of hydrogen-bond acceptors (Lipinski definition) is 1. The molecule has 0 atom stereocenters. The van der Waals surface area contributed by atoms with E-state index in [4.69, 9.17) is 16.3 Å². The summed E-state index contributed by atoms with van der Waals surface area (Å²) >= 11 is 5.93. The molecule has 2 rings (SSSR count). The van der Waals surface area contributed by atoms with Crippen molar-refractivity contribution in [3.63, 3.8) is 0 Å². The molecule has 2 aromatic rings. The molecule has 0 heterocycles. The Morgan fingerprint density at radius 1 is 1.17 bits per heavy atom. The molecule has 0 aliphatic rings. The molecule has 0 N–H and O–H groups in total. The van der Waals surface area contributed by atoms with Crippen molar-refractivity contribution in [3.05, 3.63) is 64.2 Å². The summed E-state index contributed by atoms with van der Waals surface area (Å²) in [6.45, 7) is 0. The van der Waals surface area contributed by atoms with Crippen molar-refractivity contribution >= 4 is 11.6 Å². The zero-order valence-electron chi connectivity index (χ0n) is 9.64. The van der Waals surface area contributed by atoms with Crippen LogP contribution in [0, 0.1) is 17.7 Å². The van der Waals surface area contributed by atoms with Crippen LogP contribution >= 0.6 is 11.6 Å². The van der Waals surface area contributed by atoms with Crippen molar-refractivity contribution < 1.29 is 13.5 Å². The first-order chi connectivity index (χ1) is 8.63. The lowest BCUT2D eigenvalue weighted by Crippen LogP contribution is -1.99. The molecule has 1 nitrogen and oxygen atoms in total. The molecule has 18 heavy (non-hydrogen) atoms. The van der Waals surface area contributed by atoms with Gasteiger partial charge in [-0.05, 0) is 17.2 Å². The van der Waals surface area contributed by atoms with Crippen LogP contribution in [0.4, 0.5) is 8.78 Å². The van der Waals surface area contributed by atoms with Crippen LogP contribution < -0.4 is 4.74 Å². The molecular formula is C14H10ClF2O. The summed E-state index contributed by atoms with van der Waals surface area (Å²) in [5.74, 6) is -2.00. The smallest absolute Gasteiger partial charge is 0.200 e. The van der Waals surface area contributed by atoms with Crippen LogP contribution in [-0.2, 0) is 6.42 Å². The first kappa shape index (κ1) is 12.8. The van der Waals surface area contributed by atoms with E-state index in [1.165, 1.54) is 19.2 Å². The molecule has 0 bridgehead atoms. The van der Waals surface area contributed by atoms with Gasteiger partial charge >= 0.3 is 0 Å². The predicted molar refractivity (Wildman–Crippen MR) is 66.0 cm³/mol. The van der Waals surface area contributed by atoms with E-state index >= 15 is 0 Å². The van der Waals surface area contributed by atoms with Gasteiger partial charge in [-0.25, -0.2) is 4.39 Å². The standard InChI is InChI=1S/C14H10ClF2O/c1-18-12-7-6-10(13(16)14(12)17)8-9-4-2-3-5-11(9)15/h2-4,6-7H,8H2,1H3. The average Bonchev–Trinajstić information content (AvgIpc) is 2.38. The minimum Gasteiger partial charge on any atom is -0.494 e. The van der Waals surface area contributed by atoms with Crippen molar-refractivity contribution in [3.8, 4) is 5.75 Å². The summed E-state index contributed by atoms with van der Waals surface area (Å²) in [7, 11) is 1.29. The monoisotopic (exact) mass is 267 g/mol. The van der Waals surface area contributed by atoms with E-state index in [2.05, 4.69) is 6.07 Å². The van der Waals surface area contributed by atoms with Gasteiger partial charge in [-0.15, -0.1) is 0 Å². The fraction of sp³-hybridized carbons (Fsp3) is 0.143. The Morgan fingerprint density at radius 3 is 2.61 bits per heavy atom. The quantitative estimate of drug-likeness (QED) is 0.816. The van der Waals surface area contributed by atoms with E-state index in [0.717, 1.165) is 0 Å². The van der Waals surface area contributed by atoms with Crippen LogP contribution in [-0.4, -0.2) is 7.11 Å². The maximum absolute atomic E-state index is 13.8. The number of ether oxygens (including phenoxy) is 1. The number of benzene rings is 2. The van der Waals surface area contributed by atoms with Crippen LogP contribution in [0.5, 0.6) is 5.75 Å². The highest BCUT2D eigenvalue weighted by Gasteiger charge is 2.14. The molecule has 0 aromatic heterocycles. The molecule has 0 aliphatic carbocycles. The van der Waals surface area contributed by atoms with E-state index in [9.17, 15) is 8.78 Å². The molecule has 93 valence electrons. The molecule has 0 amide bonds. The summed E-state index contributed by atoms with van der Waals surface area (Å²) in [6, 6.07) is 10.8. The van der Waals surface area contributed by atoms with E-state index in [-0.39, 0.29) is 17.7 Å². The fourth-order valence-electron chi connectivity index (χ4n) is 1.66. The highest BCUT2D eigenvalue weighted by molar-refractivity contribution is 6.31. The summed E-state index contributed by atoms with van der Waals surface area (Å²) < 4.78 is 32.0. The number of hydrogen-bond donors (Lipinski definition) is 0. The Balaban J connectivity index is 2.36. The Labute approximate surface area is 109 Å². The molecule has 0 saturated heterocycles. The van der Waals surface area contributed by atoms with Crippen molar-refractivity contribution in [2.24, 2.45) is 0 Å². The lowest BCUT2D eigenvalue weighted by Gasteiger charge is -2.08. The van der Waals surface area contributed by atoms with Gasteiger partial charge in [0.2, 0.25) is 5.82 Å². The third kappa shape index (κ3) is 2.46. The zero-order chi connectivity index (χ0) is 13.1. The minimum absolute atomic E-state index is 0.109. The van der Waals surface area contributed by atoms with E-state index in [1.54, 1.807) is 18.2 Å². The molecular weight excluding hydrogens is 258 g/mol. The third-order valence-corrected chi connectivity index (χ3v) is 2.97. The number of rotatable bonds is 3. The maximum Gasteiger partial charge on any atom is 0.200 e. The normalized spacial score (nSPS) is 10.4. The second-order valence-corrected chi connectivity index (χ2v) is 4.12. The number of halogens is 3. The van der Waals surface area contributed by atoms with E-state index in [1.807, 2.05) is 0 Å². The summed E-state index contributed by atoms with van der Waals surface area (Å²) in [5.41, 5.74) is 0.928. The topological polar surface area (TPSA) is 9.23 Å². The molecule has 0 saturated carbocycles. The summed E-state index contributed by atoms with van der Waals surface area (Å²) in [6.07, 6.45) is 0.211. The molecule has 0 aliphatic heterocycles. The molecule has 0 fully saturated rings. The van der Waals surface area contributed by atoms with E-state index < -0.39 is 11.6 Å². The van der Waals surface area contributed by atoms with Gasteiger partial charge < -0.3 is 4.74 Å². The van der Waals surface area contributed by atoms with Crippen molar-refractivity contribution in [2.75, 3.05) is 7.11 Å². The lowest BCUT2D eigenvalue weighted by atomic mass is 10.0. The first-order valence-electron chi connectivity index (χ1n) is 5.29. The lowest BCUT2D eigenvalue weighted by molar-refractivity contribution is 0.370. The Kier molecular flexibility index (Phi) is 3.82. The van der Waals surface area contributed by atoms with Gasteiger partial charge in [-0.2, -0.15) is 4.39 Å². The molecule has 0 spiro atoms. The molecule has 0 unspecified atom stereocenters. The summed E-state index contributed by atoms with van der Waals surface area (Å²) in [5, 5.41) is 0.410. The predicted octanol–water partition coefficient (Wildman–Crippen LogP) is 4.02. The van der Waals surface area contributed by atoms with Crippen LogP contribution in [0.1, 0.15) is 11.1 Å². The molecule has 4 heteroatoms. The van der Waals surface area contributed by atoms with Gasteiger partial charge in [-0.3, -0.25) is 0 Å². The fourth-order valence-corrected chi connectivity index (χ4v) is 1.85. The van der Waals surface area contributed by atoms with Gasteiger partial charge in [0.1, 0.15) is 0 Å². The van der Waals surface area contributed by atoms with Gasteiger partial charge in [0, 0.05) is 12.5 Å². The minimum atomic E-state index is -0.981. The maximum atomic E-state index is 13.8. The largest absolute Gasteiger partial charge is 0.494 e. The van der Waals surface area contributed by atoms with Gasteiger partial charge in [-0.1, -0.05) is 35.9 Å². The van der Waals surface area contributed by atoms with Crippen molar-refractivity contribution in [2.45, 2.75) is 6.42 Å². The van der Waals surface area contributed by atoms with Crippen LogP contribution in [0.2, 0.25) is 5.02 Å². The van der Waals surface area contributed by atoms with Crippen LogP contribution in [0.3, 0.4) is 0 Å². The highest BCUT2D eigenvalue weighted by atomic mass is 35.5. The van der Waals surface area contributed by atoms with E-state index in [0.29, 0.717) is 10.6 Å². The van der Waals surface area contributed by atoms with Crippen molar-refractivity contribution in [1.29, 1.82) is 0 Å². The third-order valence-electron chi connectivity index (χ3n) is 2.61. The average molecular weight is 268 g/mol. The second kappa shape index (κ2) is 5.36. The van der Waals surface area contributed by atoms with Gasteiger partial charge in [0.15, 0.2) is 11.6 Å². The second-order valence-electron chi connectivity index (χ2n) is 3.74. The first-order valence-corrected chi connectivity index (χ1v) is 5.67. The molecule has 2 aromatic carbocycles. The van der Waals surface area contributed by atoms with Crippen molar-refractivity contribution in [1.82, 2.24) is 0 Å². The molecule has 1 radical (unpaired) electrons. The SMILES string of the molecule is COc1ccc(Cc2ccc[c]c2Cl)c(F)c1F. The Bertz CT molecular complexity index is 570. The number of methoxy groups -OCH3 is 1. The zero-order valence-corrected chi connectivity index (χ0v) is 10.4.